The van der Waals surface area contributed by atoms with Crippen molar-refractivity contribution in [3.8, 4) is 0 Å². The molecule has 0 saturated heterocycles. The molecule has 324 valence electrons. The van der Waals surface area contributed by atoms with Crippen LogP contribution in [0.4, 0.5) is 43.4 Å². The highest BCUT2D eigenvalue weighted by Crippen LogP contribution is 2.54. The van der Waals surface area contributed by atoms with Gasteiger partial charge in [-0.3, -0.25) is 0 Å². The predicted octanol–water partition coefficient (Wildman–Crippen LogP) is 11.8. The molecule has 5 aromatic rings. The summed E-state index contributed by atoms with van der Waals surface area (Å²) in [6.45, 7) is 11.6. The Balaban J connectivity index is 1.51. The lowest BCUT2D eigenvalue weighted by molar-refractivity contribution is -0.399. The number of anilines is 2. The number of aryl methyl sites for hydroxylation is 4. The Morgan fingerprint density at radius 2 is 1.18 bits per heavy atom. The lowest BCUT2D eigenvalue weighted by atomic mass is 9.79. The van der Waals surface area contributed by atoms with Crippen LogP contribution in [-0.2, 0) is 15.8 Å². The first-order valence-electron chi connectivity index (χ1n) is 20.8. The number of ether oxygens (including phenoxy) is 1. The molecular weight excluding hydrogens is 799 g/mol. The maximum absolute atomic E-state index is 15.7. The third kappa shape index (κ3) is 8.39. The van der Waals surface area contributed by atoms with Gasteiger partial charge in [-0.25, -0.2) is 4.99 Å². The summed E-state index contributed by atoms with van der Waals surface area (Å²) in [5.41, 5.74) is 0.0771. The molecule has 2 aliphatic heterocycles. The van der Waals surface area contributed by atoms with Crippen molar-refractivity contribution in [2.24, 2.45) is 4.99 Å². The van der Waals surface area contributed by atoms with Crippen molar-refractivity contribution in [1.29, 1.82) is 0 Å². The maximum Gasteiger partial charge on any atom is 0.430 e. The van der Waals surface area contributed by atoms with Crippen molar-refractivity contribution < 1.29 is 31.1 Å². The van der Waals surface area contributed by atoms with E-state index in [1.54, 1.807) is 0 Å². The number of alkyl halides is 6. The van der Waals surface area contributed by atoms with Gasteiger partial charge in [-0.05, 0) is 86.9 Å². The van der Waals surface area contributed by atoms with Crippen LogP contribution in [0, 0.1) is 27.7 Å². The average molecular weight is 851 g/mol. The van der Waals surface area contributed by atoms with Gasteiger partial charge in [-0.1, -0.05) is 117 Å². The fraction of sp³-hybridized carbons (Fsp3) is 0.314. The summed E-state index contributed by atoms with van der Waals surface area (Å²) in [6, 6.07) is 27.5. The Morgan fingerprint density at radius 3 is 1.74 bits per heavy atom. The molecule has 0 radical (unpaired) electrons. The Bertz CT molecular complexity index is 2570. The Hall–Kier alpha value is -5.81. The van der Waals surface area contributed by atoms with Crippen molar-refractivity contribution in [2.45, 2.75) is 96.3 Å². The second kappa shape index (κ2) is 17.2. The van der Waals surface area contributed by atoms with E-state index in [0.29, 0.717) is 11.5 Å². The van der Waals surface area contributed by atoms with Crippen LogP contribution >= 0.6 is 0 Å². The van der Waals surface area contributed by atoms with E-state index < -0.39 is 41.1 Å². The molecular formula is C51H52F6N4O. The predicted molar refractivity (Wildman–Crippen MR) is 238 cm³/mol. The van der Waals surface area contributed by atoms with E-state index >= 15 is 26.3 Å². The Kier molecular flexibility index (Phi) is 12.2. The smallest absolute Gasteiger partial charge is 0.350 e. The monoisotopic (exact) mass is 850 g/mol. The number of nitrogens with zero attached hydrogens (tertiary/aromatic N) is 4. The molecule has 0 N–H and O–H groups in total. The number of allylic oxidation sites excluding steroid dienone is 2. The molecule has 0 spiro atoms. The van der Waals surface area contributed by atoms with Crippen LogP contribution in [0.5, 0.6) is 0 Å². The van der Waals surface area contributed by atoms with Gasteiger partial charge in [0.1, 0.15) is 5.84 Å². The lowest BCUT2D eigenvalue weighted by Crippen LogP contribution is -2.58. The first kappa shape index (κ1) is 44.3. The first-order chi connectivity index (χ1) is 29.3. The van der Waals surface area contributed by atoms with Crippen LogP contribution in [0.2, 0.25) is 0 Å². The van der Waals surface area contributed by atoms with Gasteiger partial charge in [0.25, 0.3) is 5.60 Å². The molecule has 62 heavy (non-hydrogen) atoms. The van der Waals surface area contributed by atoms with Crippen LogP contribution in [0.3, 0.4) is 0 Å². The summed E-state index contributed by atoms with van der Waals surface area (Å²) >= 11 is 0. The summed E-state index contributed by atoms with van der Waals surface area (Å²) in [5, 5.41) is 1.73. The summed E-state index contributed by atoms with van der Waals surface area (Å²) in [4.78, 5) is 9.36. The lowest BCUT2D eigenvalue weighted by Gasteiger charge is -2.43. The fourth-order valence-corrected chi connectivity index (χ4v) is 8.83. The van der Waals surface area contributed by atoms with Gasteiger partial charge in [0, 0.05) is 53.3 Å². The number of hydrogen-bond donors (Lipinski definition) is 0. The summed E-state index contributed by atoms with van der Waals surface area (Å²) in [7, 11) is 1.92. The zero-order valence-electron chi connectivity index (χ0n) is 36.0. The average Bonchev–Trinajstić information content (AvgIpc) is 3.56. The zero-order valence-corrected chi connectivity index (χ0v) is 36.0. The minimum absolute atomic E-state index is 0.153. The van der Waals surface area contributed by atoms with Crippen molar-refractivity contribution >= 4 is 35.0 Å². The third-order valence-electron chi connectivity index (χ3n) is 12.2. The van der Waals surface area contributed by atoms with Gasteiger partial charge in [0.05, 0.1) is 29.2 Å². The molecule has 2 unspecified atom stereocenters. The molecule has 11 heteroatoms. The van der Waals surface area contributed by atoms with Gasteiger partial charge in [0.2, 0.25) is 0 Å². The normalized spacial score (nSPS) is 15.5. The van der Waals surface area contributed by atoms with Crippen LogP contribution in [-0.4, -0.2) is 41.9 Å². The highest BCUT2D eigenvalue weighted by atomic mass is 19.4. The van der Waals surface area contributed by atoms with Crippen LogP contribution < -0.4 is 20.2 Å². The van der Waals surface area contributed by atoms with Crippen molar-refractivity contribution in [3.05, 3.63) is 172 Å². The Labute approximate surface area is 359 Å². The highest BCUT2D eigenvalue weighted by molar-refractivity contribution is 5.97. The molecule has 0 saturated carbocycles. The second-order valence-corrected chi connectivity index (χ2v) is 17.0. The molecule has 2 atom stereocenters. The van der Waals surface area contributed by atoms with Gasteiger partial charge < -0.3 is 19.1 Å². The summed E-state index contributed by atoms with van der Waals surface area (Å²) < 4.78 is 102. The number of rotatable bonds is 12. The van der Waals surface area contributed by atoms with E-state index in [1.165, 1.54) is 18.2 Å². The van der Waals surface area contributed by atoms with E-state index in [1.807, 2.05) is 172 Å². The minimum atomic E-state index is -5.89. The van der Waals surface area contributed by atoms with Crippen molar-refractivity contribution in [3.63, 3.8) is 0 Å². The van der Waals surface area contributed by atoms with E-state index in [-0.39, 0.29) is 19.3 Å². The molecule has 1 aromatic heterocycles. The number of benzene rings is 4. The number of fused-ring (bicyclic) bond motifs is 3. The maximum atomic E-state index is 15.7. The minimum Gasteiger partial charge on any atom is -0.350 e. The van der Waals surface area contributed by atoms with Gasteiger partial charge in [-0.15, -0.1) is 0 Å². The summed E-state index contributed by atoms with van der Waals surface area (Å²) in [5.74, 6) is 0.427. The molecule has 4 aromatic carbocycles. The molecule has 0 aliphatic carbocycles. The standard InChI is InChI=1S/C51H52F6N4O/c1-34-17-14-18-35(2)44(34)58-47(61-36(3)25-26-37(61)4)43(60-32-16-20-39-28-27-38-19-15-31-59(7)45(38)46(39)60)33-42(29-30-48(5,6)40-21-10-8-11-22-40)62-49(50(52,53)54,51(55,56)57)41-23-12-9-13-24-41/h8-28,31-32,42-43H,29-30,33H2,1-7H3. The number of halogens is 6. The quantitative estimate of drug-likeness (QED) is 0.0712. The van der Waals surface area contributed by atoms with Crippen LogP contribution in [0.15, 0.2) is 133 Å². The molecule has 5 nitrogen and oxygen atoms in total. The van der Waals surface area contributed by atoms with E-state index in [9.17, 15) is 0 Å². The topological polar surface area (TPSA) is 33.0 Å². The van der Waals surface area contributed by atoms with Crippen molar-refractivity contribution in [1.82, 2.24) is 4.57 Å². The summed E-state index contributed by atoms with van der Waals surface area (Å²) in [6.07, 6.45) is -2.21. The largest absolute Gasteiger partial charge is 0.430 e. The van der Waals surface area contributed by atoms with Gasteiger partial charge >= 0.3 is 12.4 Å². The zero-order chi connectivity index (χ0) is 44.6. The van der Waals surface area contributed by atoms with E-state index in [2.05, 4.69) is 0 Å². The first-order valence-corrected chi connectivity index (χ1v) is 20.8. The van der Waals surface area contributed by atoms with Crippen molar-refractivity contribution in [2.75, 3.05) is 16.8 Å². The fourth-order valence-electron chi connectivity index (χ4n) is 8.83. The molecule has 2 aliphatic rings. The Morgan fingerprint density at radius 1 is 0.645 bits per heavy atom. The third-order valence-corrected chi connectivity index (χ3v) is 12.2. The SMILES string of the molecule is Cc1cccc(C)c1N=C(C(CC(CCC(C)(C)c1ccccc1)OC(c1ccccc1)(C(F)(F)F)C(F)(F)F)N1C=CC=c2ccc3c(c21)N(C)C=CC=3)n1c(C)ccc1C. The van der Waals surface area contributed by atoms with E-state index in [4.69, 9.17) is 9.73 Å². The van der Waals surface area contributed by atoms with Gasteiger partial charge in [-0.2, -0.15) is 26.3 Å². The molecule has 0 amide bonds. The number of aromatic nitrogens is 1. The molecule has 0 bridgehead atoms. The number of hydrogen-bond acceptors (Lipinski definition) is 4. The van der Waals surface area contributed by atoms with E-state index in [0.717, 1.165) is 62.0 Å². The second-order valence-electron chi connectivity index (χ2n) is 17.0. The molecule has 3 heterocycles. The van der Waals surface area contributed by atoms with Crippen LogP contribution in [0.25, 0.3) is 12.2 Å². The molecule has 0 fully saturated rings. The van der Waals surface area contributed by atoms with Gasteiger partial charge in [0.15, 0.2) is 0 Å². The molecule has 7 rings (SSSR count). The number of para-hydroxylation sites is 1. The van der Waals surface area contributed by atoms with Crippen LogP contribution in [0.1, 0.15) is 66.8 Å². The number of aliphatic imine (C=N–C) groups is 1. The highest BCUT2D eigenvalue weighted by Gasteiger charge is 2.74.